The van der Waals surface area contributed by atoms with Gasteiger partial charge in [-0.1, -0.05) is 0 Å². The molecule has 1 fully saturated rings. The average molecular weight is 341 g/mol. The van der Waals surface area contributed by atoms with Crippen molar-refractivity contribution < 1.29 is 14.3 Å². The molecule has 0 aliphatic carbocycles. The molecule has 2 rings (SSSR count). The van der Waals surface area contributed by atoms with Crippen LogP contribution in [0.4, 0.5) is 4.79 Å². The number of hydrogen-bond donors (Lipinski definition) is 1. The Bertz CT molecular complexity index is 563. The first-order valence-electron chi connectivity index (χ1n) is 7.51. The third-order valence-corrected chi connectivity index (χ3v) is 3.57. The molecule has 0 aromatic carbocycles. The number of likely N-dealkylation sites (tertiary alicyclic amines) is 1. The molecule has 1 aromatic rings. The van der Waals surface area contributed by atoms with E-state index < -0.39 is 11.7 Å². The zero-order valence-electron chi connectivity index (χ0n) is 13.5. The van der Waals surface area contributed by atoms with Crippen LogP contribution in [0.1, 0.15) is 44.0 Å². The number of halogens is 1. The maximum Gasteiger partial charge on any atom is 0.407 e. The van der Waals surface area contributed by atoms with E-state index in [1.807, 2.05) is 20.8 Å². The Balaban J connectivity index is 1.83. The van der Waals surface area contributed by atoms with Crippen molar-refractivity contribution in [1.29, 1.82) is 0 Å². The summed E-state index contributed by atoms with van der Waals surface area (Å²) in [7, 11) is 0. The van der Waals surface area contributed by atoms with E-state index in [1.54, 1.807) is 4.90 Å². The molecule has 0 spiro atoms. The molecule has 1 aliphatic rings. The number of nitrogens with one attached hydrogen (secondary N) is 1. The third-order valence-electron chi connectivity index (χ3n) is 3.37. The number of aromatic nitrogens is 2. The fraction of sp³-hybridized carbons (Fsp3) is 0.600. The van der Waals surface area contributed by atoms with Gasteiger partial charge in [0.2, 0.25) is 5.28 Å². The number of carbonyl (C=O) groups excluding carboxylic acids is 2. The highest BCUT2D eigenvalue weighted by Crippen LogP contribution is 2.15. The normalized spacial score (nSPS) is 16.1. The molecule has 1 saturated heterocycles. The molecule has 126 valence electrons. The van der Waals surface area contributed by atoms with Crippen molar-refractivity contribution in [1.82, 2.24) is 20.2 Å². The van der Waals surface area contributed by atoms with Crippen LogP contribution in [0.5, 0.6) is 0 Å². The largest absolute Gasteiger partial charge is 0.444 e. The number of piperidine rings is 1. The number of rotatable bonds is 2. The van der Waals surface area contributed by atoms with E-state index in [-0.39, 0.29) is 17.2 Å². The quantitative estimate of drug-likeness (QED) is 0.835. The summed E-state index contributed by atoms with van der Waals surface area (Å²) in [6.07, 6.45) is 3.78. The van der Waals surface area contributed by atoms with Gasteiger partial charge in [-0.3, -0.25) is 4.79 Å². The van der Waals surface area contributed by atoms with E-state index >= 15 is 0 Å². The van der Waals surface area contributed by atoms with E-state index in [0.29, 0.717) is 31.5 Å². The second-order valence-electron chi connectivity index (χ2n) is 6.45. The first-order chi connectivity index (χ1) is 10.7. The summed E-state index contributed by atoms with van der Waals surface area (Å²) in [6, 6.07) is 0.00960. The van der Waals surface area contributed by atoms with Crippen LogP contribution in [0.2, 0.25) is 5.28 Å². The first-order valence-corrected chi connectivity index (χ1v) is 7.89. The Labute approximate surface area is 140 Å². The summed E-state index contributed by atoms with van der Waals surface area (Å²) in [5, 5.41) is 2.95. The molecule has 0 radical (unpaired) electrons. The minimum Gasteiger partial charge on any atom is -0.444 e. The predicted octanol–water partition coefficient (Wildman–Crippen LogP) is 2.26. The van der Waals surface area contributed by atoms with Crippen LogP contribution in [-0.4, -0.2) is 51.6 Å². The lowest BCUT2D eigenvalue weighted by atomic mass is 10.0. The highest BCUT2D eigenvalue weighted by atomic mass is 35.5. The van der Waals surface area contributed by atoms with Gasteiger partial charge in [0.05, 0.1) is 5.56 Å². The van der Waals surface area contributed by atoms with Crippen molar-refractivity contribution in [3.63, 3.8) is 0 Å². The standard InChI is InChI=1S/C15H21ClN4O3/c1-15(2,3)23-14(22)19-11-4-6-20(7-5-11)12(21)10-8-17-13(16)18-9-10/h8-9,11H,4-7H2,1-3H3,(H,19,22). The molecule has 2 amide bonds. The van der Waals surface area contributed by atoms with Gasteiger partial charge in [0.1, 0.15) is 5.60 Å². The summed E-state index contributed by atoms with van der Waals surface area (Å²) in [6.45, 7) is 6.58. The van der Waals surface area contributed by atoms with Gasteiger partial charge < -0.3 is 15.0 Å². The molecular formula is C15H21ClN4O3. The smallest absolute Gasteiger partial charge is 0.407 e. The Kier molecular flexibility index (Phi) is 5.41. The Morgan fingerprint density at radius 3 is 2.35 bits per heavy atom. The highest BCUT2D eigenvalue weighted by Gasteiger charge is 2.26. The second kappa shape index (κ2) is 7.12. The number of hydrogen-bond acceptors (Lipinski definition) is 5. The summed E-state index contributed by atoms with van der Waals surface area (Å²) in [4.78, 5) is 33.4. The summed E-state index contributed by atoms with van der Waals surface area (Å²) >= 11 is 5.62. The van der Waals surface area contributed by atoms with Crippen molar-refractivity contribution in [3.05, 3.63) is 23.2 Å². The van der Waals surface area contributed by atoms with Crippen molar-refractivity contribution in [2.75, 3.05) is 13.1 Å². The van der Waals surface area contributed by atoms with Crippen molar-refractivity contribution in [2.45, 2.75) is 45.3 Å². The number of ether oxygens (including phenoxy) is 1. The van der Waals surface area contributed by atoms with Crippen LogP contribution in [0, 0.1) is 0 Å². The van der Waals surface area contributed by atoms with Crippen molar-refractivity contribution in [3.8, 4) is 0 Å². The van der Waals surface area contributed by atoms with E-state index in [4.69, 9.17) is 16.3 Å². The number of amides is 2. The van der Waals surface area contributed by atoms with Gasteiger partial charge in [-0.05, 0) is 45.2 Å². The first kappa shape index (κ1) is 17.5. The fourth-order valence-electron chi connectivity index (χ4n) is 2.31. The minimum atomic E-state index is -0.519. The monoisotopic (exact) mass is 340 g/mol. The highest BCUT2D eigenvalue weighted by molar-refractivity contribution is 6.28. The maximum absolute atomic E-state index is 12.3. The van der Waals surface area contributed by atoms with Gasteiger partial charge in [-0.25, -0.2) is 14.8 Å². The summed E-state index contributed by atoms with van der Waals surface area (Å²) in [5.41, 5.74) is -0.108. The number of alkyl carbamates (subject to hydrolysis) is 1. The molecule has 2 heterocycles. The predicted molar refractivity (Wildman–Crippen MR) is 85.3 cm³/mol. The van der Waals surface area contributed by atoms with Gasteiger partial charge in [0, 0.05) is 31.5 Å². The van der Waals surface area contributed by atoms with E-state index in [0.717, 1.165) is 0 Å². The molecule has 23 heavy (non-hydrogen) atoms. The van der Waals surface area contributed by atoms with Gasteiger partial charge in [-0.2, -0.15) is 0 Å². The average Bonchev–Trinajstić information content (AvgIpc) is 2.46. The van der Waals surface area contributed by atoms with Crippen LogP contribution in [0.25, 0.3) is 0 Å². The van der Waals surface area contributed by atoms with Crippen LogP contribution >= 0.6 is 11.6 Å². The molecule has 0 bridgehead atoms. The lowest BCUT2D eigenvalue weighted by Crippen LogP contribution is -2.47. The Hall–Kier alpha value is -1.89. The SMILES string of the molecule is CC(C)(C)OC(=O)NC1CCN(C(=O)c2cnc(Cl)nc2)CC1. The Morgan fingerprint density at radius 2 is 1.83 bits per heavy atom. The van der Waals surface area contributed by atoms with Gasteiger partial charge in [0.15, 0.2) is 0 Å². The van der Waals surface area contributed by atoms with Crippen LogP contribution < -0.4 is 5.32 Å². The zero-order valence-corrected chi connectivity index (χ0v) is 14.3. The van der Waals surface area contributed by atoms with E-state index in [1.165, 1.54) is 12.4 Å². The zero-order chi connectivity index (χ0) is 17.0. The summed E-state index contributed by atoms with van der Waals surface area (Å²) < 4.78 is 5.24. The van der Waals surface area contributed by atoms with Gasteiger partial charge in [-0.15, -0.1) is 0 Å². The Morgan fingerprint density at radius 1 is 1.26 bits per heavy atom. The summed E-state index contributed by atoms with van der Waals surface area (Å²) in [5.74, 6) is -0.127. The fourth-order valence-corrected chi connectivity index (χ4v) is 2.40. The van der Waals surface area contributed by atoms with E-state index in [2.05, 4.69) is 15.3 Å². The van der Waals surface area contributed by atoms with Crippen molar-refractivity contribution >= 4 is 23.6 Å². The number of carbonyl (C=O) groups is 2. The molecule has 0 atom stereocenters. The van der Waals surface area contributed by atoms with Crippen LogP contribution in [0.3, 0.4) is 0 Å². The molecule has 1 aliphatic heterocycles. The topological polar surface area (TPSA) is 84.4 Å². The molecule has 1 aromatic heterocycles. The molecule has 8 heteroatoms. The third kappa shape index (κ3) is 5.35. The minimum absolute atomic E-state index is 0.00960. The van der Waals surface area contributed by atoms with E-state index in [9.17, 15) is 9.59 Å². The van der Waals surface area contributed by atoms with Gasteiger partial charge in [0.25, 0.3) is 5.91 Å². The van der Waals surface area contributed by atoms with Crippen LogP contribution in [-0.2, 0) is 4.74 Å². The van der Waals surface area contributed by atoms with Crippen LogP contribution in [0.15, 0.2) is 12.4 Å². The van der Waals surface area contributed by atoms with Crippen molar-refractivity contribution in [2.24, 2.45) is 0 Å². The molecular weight excluding hydrogens is 320 g/mol. The molecule has 1 N–H and O–H groups in total. The van der Waals surface area contributed by atoms with Gasteiger partial charge >= 0.3 is 6.09 Å². The molecule has 0 unspecified atom stereocenters. The molecule has 0 saturated carbocycles. The lowest BCUT2D eigenvalue weighted by molar-refractivity contribution is 0.0473. The maximum atomic E-state index is 12.3. The second-order valence-corrected chi connectivity index (χ2v) is 6.79. The number of nitrogens with zero attached hydrogens (tertiary/aromatic N) is 3. The molecule has 7 nitrogen and oxygen atoms in total. The lowest BCUT2D eigenvalue weighted by Gasteiger charge is -2.32.